The smallest absolute Gasteiger partial charge is 0.0705 e. The molecule has 0 bridgehead atoms. The summed E-state index contributed by atoms with van der Waals surface area (Å²) in [4.78, 5) is 5.65. The third-order valence-corrected chi connectivity index (χ3v) is 11.0. The van der Waals surface area contributed by atoms with Gasteiger partial charge in [0.2, 0.25) is 0 Å². The predicted octanol–water partition coefficient (Wildman–Crippen LogP) is 12.8. The maximum atomic E-state index is 3.65. The van der Waals surface area contributed by atoms with Crippen molar-refractivity contribution in [3.63, 3.8) is 0 Å². The van der Waals surface area contributed by atoms with Gasteiger partial charge in [-0.15, -0.1) is 34.0 Å². The molecule has 0 saturated carbocycles. The first-order valence-electron chi connectivity index (χ1n) is 12.8. The number of hydrogen-bond donors (Lipinski definition) is 0. The summed E-state index contributed by atoms with van der Waals surface area (Å²) in [5.74, 6) is 0. The Kier molecular flexibility index (Phi) is 13.3. The molecule has 0 atom stereocenters. The Morgan fingerprint density at radius 1 is 0.545 bits per heavy atom. The SMILES string of the molecule is CCCCCCCCCCCCCCCCc1cc(-c2ccc(Br)s2)sc1-c1ccc(Br)s1. The molecule has 3 heterocycles. The summed E-state index contributed by atoms with van der Waals surface area (Å²) >= 11 is 12.9. The molecule has 0 amide bonds. The van der Waals surface area contributed by atoms with E-state index in [2.05, 4.69) is 69.1 Å². The van der Waals surface area contributed by atoms with Gasteiger partial charge < -0.3 is 0 Å². The molecule has 3 aromatic rings. The van der Waals surface area contributed by atoms with Crippen LogP contribution < -0.4 is 0 Å². The van der Waals surface area contributed by atoms with E-state index in [4.69, 9.17) is 0 Å². The van der Waals surface area contributed by atoms with Crippen LogP contribution in [0.4, 0.5) is 0 Å². The fourth-order valence-corrected chi connectivity index (χ4v) is 8.55. The van der Waals surface area contributed by atoms with Crippen LogP contribution in [0.3, 0.4) is 0 Å². The van der Waals surface area contributed by atoms with E-state index in [0.29, 0.717) is 0 Å². The van der Waals surface area contributed by atoms with Gasteiger partial charge in [-0.1, -0.05) is 90.4 Å². The van der Waals surface area contributed by atoms with E-state index in [1.54, 1.807) is 0 Å². The van der Waals surface area contributed by atoms with Gasteiger partial charge in [-0.25, -0.2) is 0 Å². The third kappa shape index (κ3) is 9.91. The van der Waals surface area contributed by atoms with Crippen LogP contribution in [0, 0.1) is 0 Å². The lowest BCUT2D eigenvalue weighted by molar-refractivity contribution is 0.535. The molecule has 0 aliphatic carbocycles. The molecule has 0 nitrogen and oxygen atoms in total. The van der Waals surface area contributed by atoms with Crippen LogP contribution in [-0.4, -0.2) is 0 Å². The highest BCUT2D eigenvalue weighted by atomic mass is 79.9. The van der Waals surface area contributed by atoms with Crippen LogP contribution in [-0.2, 0) is 6.42 Å². The second-order valence-corrected chi connectivity index (χ2v) is 15.0. The van der Waals surface area contributed by atoms with Crippen LogP contribution in [0.15, 0.2) is 37.9 Å². The lowest BCUT2D eigenvalue weighted by Crippen LogP contribution is -1.87. The normalized spacial score (nSPS) is 11.5. The van der Waals surface area contributed by atoms with Gasteiger partial charge in [0.1, 0.15) is 0 Å². The van der Waals surface area contributed by atoms with Gasteiger partial charge in [0.25, 0.3) is 0 Å². The van der Waals surface area contributed by atoms with E-state index in [1.165, 1.54) is 129 Å². The Bertz CT molecular complexity index is 921. The zero-order valence-corrected chi connectivity index (χ0v) is 25.6. The first kappa shape index (κ1) is 27.6. The highest BCUT2D eigenvalue weighted by Gasteiger charge is 2.15. The van der Waals surface area contributed by atoms with Crippen molar-refractivity contribution in [1.82, 2.24) is 0 Å². The Hall–Kier alpha value is 0.0600. The van der Waals surface area contributed by atoms with Crippen LogP contribution in [0.5, 0.6) is 0 Å². The third-order valence-electron chi connectivity index (χ3n) is 6.22. The molecule has 3 rings (SSSR count). The molecule has 0 saturated heterocycles. The average Bonchev–Trinajstić information content (AvgIpc) is 3.53. The molecule has 0 radical (unpaired) electrons. The first-order chi connectivity index (χ1) is 16.2. The van der Waals surface area contributed by atoms with E-state index in [0.717, 1.165) is 0 Å². The minimum Gasteiger partial charge on any atom is -0.133 e. The Balaban J connectivity index is 1.35. The van der Waals surface area contributed by atoms with Crippen molar-refractivity contribution < 1.29 is 0 Å². The molecule has 3 aromatic heterocycles. The fourth-order valence-electron chi connectivity index (χ4n) is 4.34. The maximum absolute atomic E-state index is 3.65. The molecule has 0 N–H and O–H groups in total. The lowest BCUT2D eigenvalue weighted by atomic mass is 10.0. The Labute approximate surface area is 230 Å². The zero-order chi connectivity index (χ0) is 23.3. The van der Waals surface area contributed by atoms with Crippen molar-refractivity contribution in [2.45, 2.75) is 103 Å². The molecule has 0 unspecified atom stereocenters. The topological polar surface area (TPSA) is 0 Å². The van der Waals surface area contributed by atoms with E-state index >= 15 is 0 Å². The molecule has 5 heteroatoms. The highest BCUT2D eigenvalue weighted by molar-refractivity contribution is 9.11. The van der Waals surface area contributed by atoms with Crippen LogP contribution in [0.25, 0.3) is 19.5 Å². The number of thiophene rings is 3. The summed E-state index contributed by atoms with van der Waals surface area (Å²) in [5, 5.41) is 0. The first-order valence-corrected chi connectivity index (χ1v) is 16.8. The molecule has 33 heavy (non-hydrogen) atoms. The molecule has 182 valence electrons. The van der Waals surface area contributed by atoms with Crippen LogP contribution in [0.1, 0.15) is 102 Å². The quantitative estimate of drug-likeness (QED) is 0.130. The number of rotatable bonds is 17. The summed E-state index contributed by atoms with van der Waals surface area (Å²) in [6, 6.07) is 11.3. The van der Waals surface area contributed by atoms with Gasteiger partial charge in [0.15, 0.2) is 0 Å². The molecular weight excluding hydrogens is 592 g/mol. The summed E-state index contributed by atoms with van der Waals surface area (Å²) in [5.41, 5.74) is 1.54. The van der Waals surface area contributed by atoms with E-state index in [-0.39, 0.29) is 0 Å². The monoisotopic (exact) mass is 628 g/mol. The molecule has 0 spiro atoms. The second-order valence-electron chi connectivity index (χ2n) is 9.02. The molecule has 0 aliphatic rings. The highest BCUT2D eigenvalue weighted by Crippen LogP contribution is 2.44. The Morgan fingerprint density at radius 2 is 1.03 bits per heavy atom. The van der Waals surface area contributed by atoms with Gasteiger partial charge in [0, 0.05) is 19.5 Å². The van der Waals surface area contributed by atoms with Crippen LogP contribution in [0.2, 0.25) is 0 Å². The van der Waals surface area contributed by atoms with Crippen molar-refractivity contribution in [3.05, 3.63) is 43.5 Å². The molecule has 0 fully saturated rings. The van der Waals surface area contributed by atoms with Crippen LogP contribution >= 0.6 is 65.9 Å². The van der Waals surface area contributed by atoms with E-state index < -0.39 is 0 Å². The average molecular weight is 631 g/mol. The lowest BCUT2D eigenvalue weighted by Gasteiger charge is -2.04. The van der Waals surface area contributed by atoms with Crippen molar-refractivity contribution in [1.29, 1.82) is 0 Å². The van der Waals surface area contributed by atoms with Gasteiger partial charge in [-0.3, -0.25) is 0 Å². The number of hydrogen-bond acceptors (Lipinski definition) is 3. The van der Waals surface area contributed by atoms with Crippen molar-refractivity contribution in [3.8, 4) is 19.5 Å². The maximum Gasteiger partial charge on any atom is 0.0705 e. The number of halogens is 2. The summed E-state index contributed by atoms with van der Waals surface area (Å²) in [6.45, 7) is 2.30. The molecule has 0 aromatic carbocycles. The zero-order valence-electron chi connectivity index (χ0n) is 20.0. The fraction of sp³-hybridized carbons (Fsp3) is 0.571. The van der Waals surface area contributed by atoms with E-state index in [1.807, 2.05) is 34.0 Å². The van der Waals surface area contributed by atoms with Gasteiger partial charge in [-0.2, -0.15) is 0 Å². The molecular formula is C28H38Br2S3. The van der Waals surface area contributed by atoms with Crippen molar-refractivity contribution >= 4 is 65.9 Å². The van der Waals surface area contributed by atoms with Gasteiger partial charge >= 0.3 is 0 Å². The van der Waals surface area contributed by atoms with Gasteiger partial charge in [0.05, 0.1) is 7.57 Å². The summed E-state index contributed by atoms with van der Waals surface area (Å²) < 4.78 is 2.42. The molecule has 0 aliphatic heterocycles. The minimum absolute atomic E-state index is 1.20. The van der Waals surface area contributed by atoms with E-state index in [9.17, 15) is 0 Å². The van der Waals surface area contributed by atoms with Crippen molar-refractivity contribution in [2.24, 2.45) is 0 Å². The Morgan fingerprint density at radius 3 is 1.52 bits per heavy atom. The predicted molar refractivity (Wildman–Crippen MR) is 160 cm³/mol. The number of aryl methyl sites for hydroxylation is 1. The van der Waals surface area contributed by atoms with Gasteiger partial charge in [-0.05, 0) is 80.6 Å². The van der Waals surface area contributed by atoms with Crippen molar-refractivity contribution in [2.75, 3.05) is 0 Å². The summed E-state index contributed by atoms with van der Waals surface area (Å²) in [7, 11) is 0. The summed E-state index contributed by atoms with van der Waals surface area (Å²) in [6.07, 6.45) is 21.0. The minimum atomic E-state index is 1.20. The number of unbranched alkanes of at least 4 members (excludes halogenated alkanes) is 13. The second kappa shape index (κ2) is 15.9. The standard InChI is InChI=1S/C28H38Br2S3/c1-2-3-4-5-6-7-8-9-10-11-12-13-14-15-16-22-21-25(23-17-19-26(29)31-23)33-28(22)24-18-20-27(30)32-24/h17-21H,2-16H2,1H3. The largest absolute Gasteiger partial charge is 0.133 e.